The minimum absolute atomic E-state index is 0.143. The van der Waals surface area contributed by atoms with Crippen molar-refractivity contribution in [3.63, 3.8) is 0 Å². The van der Waals surface area contributed by atoms with E-state index in [0.29, 0.717) is 25.7 Å². The Morgan fingerprint density at radius 2 is 1.93 bits per heavy atom. The smallest absolute Gasteiger partial charge is 0.252 e. The van der Waals surface area contributed by atoms with E-state index in [0.717, 1.165) is 56.3 Å². The third kappa shape index (κ3) is 3.99. The van der Waals surface area contributed by atoms with Gasteiger partial charge < -0.3 is 19.3 Å². The van der Waals surface area contributed by atoms with Crippen molar-refractivity contribution in [2.75, 3.05) is 27.2 Å². The Hall–Kier alpha value is -1.59. The Morgan fingerprint density at radius 1 is 1.15 bits per heavy atom. The average molecular weight is 373 g/mol. The Balaban J connectivity index is 1.58. The van der Waals surface area contributed by atoms with Gasteiger partial charge >= 0.3 is 0 Å². The van der Waals surface area contributed by atoms with Gasteiger partial charge in [-0.2, -0.15) is 0 Å². The zero-order valence-electron chi connectivity index (χ0n) is 16.7. The maximum absolute atomic E-state index is 13.3. The molecule has 1 amide bonds. The number of amides is 1. The molecular weight excluding hydrogens is 340 g/mol. The number of nitrogens with zero attached hydrogens (tertiary/aromatic N) is 2. The summed E-state index contributed by atoms with van der Waals surface area (Å²) in [5.74, 6) is 1.09. The van der Waals surface area contributed by atoms with Gasteiger partial charge in [-0.05, 0) is 65.1 Å². The van der Waals surface area contributed by atoms with Crippen LogP contribution in [0.4, 0.5) is 0 Å². The van der Waals surface area contributed by atoms with Crippen LogP contribution >= 0.6 is 0 Å². The van der Waals surface area contributed by atoms with Gasteiger partial charge in [-0.25, -0.2) is 0 Å². The highest BCUT2D eigenvalue weighted by Crippen LogP contribution is 2.39. The molecule has 148 valence electrons. The lowest BCUT2D eigenvalue weighted by molar-refractivity contribution is -0.150. The number of carbonyl (C=O) groups is 1. The van der Waals surface area contributed by atoms with E-state index in [1.807, 2.05) is 17.0 Å². The first-order valence-corrected chi connectivity index (χ1v) is 10.4. The molecule has 4 rings (SSSR count). The van der Waals surface area contributed by atoms with Crippen LogP contribution < -0.4 is 4.74 Å². The average Bonchev–Trinajstić information content (AvgIpc) is 2.85. The zero-order chi connectivity index (χ0) is 18.9. The third-order valence-electron chi connectivity index (χ3n) is 6.50. The van der Waals surface area contributed by atoms with Crippen LogP contribution in [0.3, 0.4) is 0 Å². The molecule has 0 bridgehead atoms. The second kappa shape index (κ2) is 7.80. The van der Waals surface area contributed by atoms with Crippen LogP contribution in [0.25, 0.3) is 0 Å². The summed E-state index contributed by atoms with van der Waals surface area (Å²) < 4.78 is 12.4. The maximum atomic E-state index is 13.3. The van der Waals surface area contributed by atoms with Crippen molar-refractivity contribution in [3.05, 3.63) is 29.8 Å². The standard InChI is InChI=1S/C22H32N2O3/c1-23(2)18-10-12-22(13-11-18)16-24(21(25)20-9-5-6-14-26-20)15-17-7-3-4-8-19(17)27-22/h3-4,7-8,18,20H,5-6,9-16H2,1-2H3/t18?,20-,22?/m0/s1. The molecule has 1 aromatic rings. The second-order valence-electron chi connectivity index (χ2n) is 8.64. The minimum atomic E-state index is -0.279. The van der Waals surface area contributed by atoms with E-state index in [9.17, 15) is 4.79 Å². The molecule has 2 aliphatic heterocycles. The Labute approximate surface area is 162 Å². The van der Waals surface area contributed by atoms with Gasteiger partial charge in [0, 0.05) is 24.8 Å². The first-order valence-electron chi connectivity index (χ1n) is 10.4. The first kappa shape index (κ1) is 18.8. The fourth-order valence-corrected chi connectivity index (χ4v) is 4.81. The quantitative estimate of drug-likeness (QED) is 0.799. The largest absolute Gasteiger partial charge is 0.485 e. The molecule has 1 atom stereocenters. The van der Waals surface area contributed by atoms with Crippen molar-refractivity contribution < 1.29 is 14.3 Å². The van der Waals surface area contributed by atoms with Crippen LogP contribution in [0, 0.1) is 0 Å². The lowest BCUT2D eigenvalue weighted by Crippen LogP contribution is -2.53. The van der Waals surface area contributed by atoms with Crippen molar-refractivity contribution >= 4 is 5.91 Å². The molecule has 0 N–H and O–H groups in total. The number of benzene rings is 1. The lowest BCUT2D eigenvalue weighted by atomic mass is 9.81. The molecule has 27 heavy (non-hydrogen) atoms. The molecule has 5 nitrogen and oxygen atoms in total. The number of ether oxygens (including phenoxy) is 2. The van der Waals surface area contributed by atoms with E-state index < -0.39 is 0 Å². The zero-order valence-corrected chi connectivity index (χ0v) is 16.7. The van der Waals surface area contributed by atoms with Gasteiger partial charge in [0.25, 0.3) is 5.91 Å². The topological polar surface area (TPSA) is 42.0 Å². The summed E-state index contributed by atoms with van der Waals surface area (Å²) in [5.41, 5.74) is 0.831. The van der Waals surface area contributed by atoms with Crippen molar-refractivity contribution in [2.45, 2.75) is 69.2 Å². The van der Waals surface area contributed by atoms with Crippen molar-refractivity contribution in [1.29, 1.82) is 0 Å². The van der Waals surface area contributed by atoms with Crippen LogP contribution in [0.5, 0.6) is 5.75 Å². The molecule has 0 unspecified atom stereocenters. The summed E-state index contributed by atoms with van der Waals surface area (Å²) in [6.07, 6.45) is 6.89. The molecule has 5 heteroatoms. The molecular formula is C22H32N2O3. The fraction of sp³-hybridized carbons (Fsp3) is 0.682. The van der Waals surface area contributed by atoms with E-state index >= 15 is 0 Å². The van der Waals surface area contributed by atoms with E-state index in [2.05, 4.69) is 31.1 Å². The van der Waals surface area contributed by atoms with Crippen molar-refractivity contribution in [2.24, 2.45) is 0 Å². The molecule has 0 aromatic heterocycles. The summed E-state index contributed by atoms with van der Waals surface area (Å²) in [5, 5.41) is 0. The number of fused-ring (bicyclic) bond motifs is 1. The van der Waals surface area contributed by atoms with Crippen LogP contribution in [-0.4, -0.2) is 60.7 Å². The Kier molecular flexibility index (Phi) is 5.42. The maximum Gasteiger partial charge on any atom is 0.252 e. The minimum Gasteiger partial charge on any atom is -0.485 e. The fourth-order valence-electron chi connectivity index (χ4n) is 4.81. The molecule has 1 spiro atoms. The Morgan fingerprint density at radius 3 is 2.63 bits per heavy atom. The van der Waals surface area contributed by atoms with Gasteiger partial charge in [-0.3, -0.25) is 4.79 Å². The summed E-state index contributed by atoms with van der Waals surface area (Å²) in [6.45, 7) is 1.99. The number of rotatable bonds is 2. The number of para-hydroxylation sites is 1. The van der Waals surface area contributed by atoms with Gasteiger partial charge in [-0.1, -0.05) is 18.2 Å². The normalized spacial score (nSPS) is 31.3. The van der Waals surface area contributed by atoms with Gasteiger partial charge in [0.2, 0.25) is 0 Å². The molecule has 0 radical (unpaired) electrons. The number of hydrogen-bond donors (Lipinski definition) is 0. The summed E-state index contributed by atoms with van der Waals surface area (Å²) in [7, 11) is 4.31. The molecule has 2 fully saturated rings. The summed E-state index contributed by atoms with van der Waals surface area (Å²) in [6, 6.07) is 8.80. The van der Waals surface area contributed by atoms with Crippen LogP contribution in [0.2, 0.25) is 0 Å². The second-order valence-corrected chi connectivity index (χ2v) is 8.64. The lowest BCUT2D eigenvalue weighted by Gasteiger charge is -2.43. The van der Waals surface area contributed by atoms with Gasteiger partial charge in [0.05, 0.1) is 6.54 Å². The Bertz CT molecular complexity index is 661. The summed E-state index contributed by atoms with van der Waals surface area (Å²) in [4.78, 5) is 17.6. The van der Waals surface area contributed by atoms with E-state index in [1.165, 1.54) is 0 Å². The predicted molar refractivity (Wildman–Crippen MR) is 105 cm³/mol. The van der Waals surface area contributed by atoms with E-state index in [-0.39, 0.29) is 17.6 Å². The van der Waals surface area contributed by atoms with E-state index in [1.54, 1.807) is 0 Å². The van der Waals surface area contributed by atoms with Gasteiger partial charge in [0.1, 0.15) is 17.5 Å². The van der Waals surface area contributed by atoms with Crippen LogP contribution in [-0.2, 0) is 16.1 Å². The SMILES string of the molecule is CN(C)C1CCC2(CC1)CN(C(=O)[C@@H]1CCCCO1)Cc1ccccc1O2. The number of hydrogen-bond acceptors (Lipinski definition) is 4. The van der Waals surface area contributed by atoms with Crippen molar-refractivity contribution in [1.82, 2.24) is 9.80 Å². The van der Waals surface area contributed by atoms with E-state index in [4.69, 9.17) is 9.47 Å². The molecule has 1 aromatic carbocycles. The van der Waals surface area contributed by atoms with Crippen molar-refractivity contribution in [3.8, 4) is 5.75 Å². The number of carbonyl (C=O) groups excluding carboxylic acids is 1. The van der Waals surface area contributed by atoms with Crippen LogP contribution in [0.15, 0.2) is 24.3 Å². The highest BCUT2D eigenvalue weighted by molar-refractivity contribution is 5.81. The highest BCUT2D eigenvalue weighted by Gasteiger charge is 2.43. The summed E-state index contributed by atoms with van der Waals surface area (Å²) >= 11 is 0. The molecule has 1 aliphatic carbocycles. The van der Waals surface area contributed by atoms with Gasteiger partial charge in [0.15, 0.2) is 0 Å². The molecule has 3 aliphatic rings. The monoisotopic (exact) mass is 372 g/mol. The first-order chi connectivity index (χ1) is 13.1. The molecule has 1 saturated heterocycles. The molecule has 1 saturated carbocycles. The van der Waals surface area contributed by atoms with Crippen LogP contribution in [0.1, 0.15) is 50.5 Å². The van der Waals surface area contributed by atoms with Gasteiger partial charge in [-0.15, -0.1) is 0 Å². The molecule has 2 heterocycles. The highest BCUT2D eigenvalue weighted by atomic mass is 16.5. The predicted octanol–water partition coefficient (Wildman–Crippen LogP) is 3.22. The third-order valence-corrected chi connectivity index (χ3v) is 6.50.